The highest BCUT2D eigenvalue weighted by molar-refractivity contribution is 7.89. The van der Waals surface area contributed by atoms with Crippen LogP contribution in [0.1, 0.15) is 35.3 Å². The lowest BCUT2D eigenvalue weighted by Gasteiger charge is -2.12. The van der Waals surface area contributed by atoms with Gasteiger partial charge in [-0.25, -0.2) is 18.4 Å². The monoisotopic (exact) mass is 271 g/mol. The van der Waals surface area contributed by atoms with E-state index in [0.29, 0.717) is 11.1 Å². The maximum atomic E-state index is 11.8. The summed E-state index contributed by atoms with van der Waals surface area (Å²) in [6, 6.07) is 2.69. The normalized spacial score (nSPS) is 11.7. The molecule has 0 saturated carbocycles. The van der Waals surface area contributed by atoms with Crippen LogP contribution in [0.5, 0.6) is 0 Å². The molecule has 0 spiro atoms. The third-order valence-electron chi connectivity index (χ3n) is 2.53. The van der Waals surface area contributed by atoms with Crippen molar-refractivity contribution in [1.29, 1.82) is 0 Å². The molecule has 0 fully saturated rings. The molecule has 0 radical (unpaired) electrons. The second-order valence-corrected chi connectivity index (χ2v) is 5.97. The first kappa shape index (κ1) is 14.7. The van der Waals surface area contributed by atoms with Crippen LogP contribution in [-0.4, -0.2) is 20.5 Å². The van der Waals surface area contributed by atoms with Gasteiger partial charge in [0.2, 0.25) is 10.0 Å². The minimum absolute atomic E-state index is 0.0821. The van der Waals surface area contributed by atoms with Crippen LogP contribution < -0.4 is 5.14 Å². The van der Waals surface area contributed by atoms with Gasteiger partial charge in [-0.15, -0.1) is 0 Å². The molecule has 1 aromatic rings. The van der Waals surface area contributed by atoms with Crippen molar-refractivity contribution < 1.29 is 17.9 Å². The minimum atomic E-state index is -3.83. The average molecular weight is 271 g/mol. The number of aryl methyl sites for hydroxylation is 1. The zero-order chi connectivity index (χ0) is 14.1. The summed E-state index contributed by atoms with van der Waals surface area (Å²) in [5.41, 5.74) is 1.60. The summed E-state index contributed by atoms with van der Waals surface area (Å²) in [6.07, 6.45) is -0.268. The molecule has 0 aromatic heterocycles. The smallest absolute Gasteiger partial charge is 0.338 e. The number of hydrogen-bond donors (Lipinski definition) is 1. The first-order valence-electron chi connectivity index (χ1n) is 5.48. The number of carbonyl (C=O) groups is 1. The maximum absolute atomic E-state index is 11.8. The summed E-state index contributed by atoms with van der Waals surface area (Å²) in [4.78, 5) is 11.8. The van der Waals surface area contributed by atoms with Crippen molar-refractivity contribution in [3.8, 4) is 0 Å². The molecule has 0 aliphatic carbocycles. The molecule has 0 aliphatic heterocycles. The molecular formula is C12H17NO4S. The molecule has 0 unspecified atom stereocenters. The number of ether oxygens (including phenoxy) is 1. The van der Waals surface area contributed by atoms with Gasteiger partial charge in [-0.2, -0.15) is 0 Å². The van der Waals surface area contributed by atoms with Crippen LogP contribution in [0.3, 0.4) is 0 Å². The van der Waals surface area contributed by atoms with Crippen molar-refractivity contribution in [1.82, 2.24) is 0 Å². The lowest BCUT2D eigenvalue weighted by Crippen LogP contribution is -2.17. The van der Waals surface area contributed by atoms with Gasteiger partial charge in [0.15, 0.2) is 0 Å². The predicted molar refractivity (Wildman–Crippen MR) is 67.8 cm³/mol. The summed E-state index contributed by atoms with van der Waals surface area (Å²) in [5, 5.41) is 5.07. The van der Waals surface area contributed by atoms with Crippen LogP contribution in [0.2, 0.25) is 0 Å². The Bertz CT molecular complexity index is 576. The van der Waals surface area contributed by atoms with E-state index in [1.807, 2.05) is 0 Å². The zero-order valence-corrected chi connectivity index (χ0v) is 11.7. The van der Waals surface area contributed by atoms with E-state index in [0.717, 1.165) is 0 Å². The average Bonchev–Trinajstić information content (AvgIpc) is 2.18. The Morgan fingerprint density at radius 3 is 2.28 bits per heavy atom. The van der Waals surface area contributed by atoms with E-state index >= 15 is 0 Å². The van der Waals surface area contributed by atoms with E-state index < -0.39 is 16.0 Å². The number of nitrogens with two attached hydrogens (primary N) is 1. The fourth-order valence-corrected chi connectivity index (χ4v) is 2.10. The number of hydrogen-bond acceptors (Lipinski definition) is 4. The van der Waals surface area contributed by atoms with Crippen molar-refractivity contribution in [3.05, 3.63) is 28.8 Å². The first-order chi connectivity index (χ1) is 8.12. The van der Waals surface area contributed by atoms with Crippen LogP contribution in [0.4, 0.5) is 0 Å². The van der Waals surface area contributed by atoms with Gasteiger partial charge in [0, 0.05) is 0 Å². The van der Waals surface area contributed by atoms with Gasteiger partial charge >= 0.3 is 5.97 Å². The van der Waals surface area contributed by atoms with Crippen molar-refractivity contribution >= 4 is 16.0 Å². The van der Waals surface area contributed by atoms with Crippen LogP contribution in [0.25, 0.3) is 0 Å². The highest BCUT2D eigenvalue weighted by Crippen LogP contribution is 2.20. The Morgan fingerprint density at radius 2 is 1.83 bits per heavy atom. The third kappa shape index (κ3) is 3.30. The van der Waals surface area contributed by atoms with Crippen molar-refractivity contribution in [2.45, 2.75) is 38.7 Å². The number of carbonyl (C=O) groups excluding carboxylic acids is 1. The summed E-state index contributed by atoms with van der Waals surface area (Å²) in [5.74, 6) is -0.545. The van der Waals surface area contributed by atoms with E-state index in [-0.39, 0.29) is 16.6 Å². The van der Waals surface area contributed by atoms with Gasteiger partial charge in [0.05, 0.1) is 16.6 Å². The minimum Gasteiger partial charge on any atom is -0.459 e. The Kier molecular flexibility index (Phi) is 4.13. The summed E-state index contributed by atoms with van der Waals surface area (Å²) >= 11 is 0. The van der Waals surface area contributed by atoms with Crippen LogP contribution in [0, 0.1) is 13.8 Å². The van der Waals surface area contributed by atoms with Gasteiger partial charge < -0.3 is 4.74 Å². The molecule has 100 valence electrons. The van der Waals surface area contributed by atoms with Gasteiger partial charge in [-0.05, 0) is 51.0 Å². The molecule has 5 nitrogen and oxygen atoms in total. The highest BCUT2D eigenvalue weighted by Gasteiger charge is 2.18. The lowest BCUT2D eigenvalue weighted by atomic mass is 10.0. The predicted octanol–water partition coefficient (Wildman–Crippen LogP) is 1.52. The number of esters is 1. The fourth-order valence-electron chi connectivity index (χ4n) is 1.48. The standard InChI is InChI=1S/C12H17NO4S/c1-7(2)17-12(14)11-6-10(18(13,15)16)5-8(3)9(11)4/h5-7H,1-4H3,(H2,13,15,16). The van der Waals surface area contributed by atoms with E-state index in [1.165, 1.54) is 12.1 Å². The Morgan fingerprint density at radius 1 is 1.28 bits per heavy atom. The molecule has 1 rings (SSSR count). The maximum Gasteiger partial charge on any atom is 0.338 e. The molecule has 2 N–H and O–H groups in total. The van der Waals surface area contributed by atoms with Crippen LogP contribution >= 0.6 is 0 Å². The number of primary sulfonamides is 1. The first-order valence-corrected chi connectivity index (χ1v) is 7.02. The molecule has 1 aromatic carbocycles. The molecule has 0 saturated heterocycles. The number of benzene rings is 1. The SMILES string of the molecule is Cc1cc(S(N)(=O)=O)cc(C(=O)OC(C)C)c1C. The Labute approximate surface area is 107 Å². The van der Waals surface area contributed by atoms with Crippen molar-refractivity contribution in [2.75, 3.05) is 0 Å². The van der Waals surface area contributed by atoms with Gasteiger partial charge in [0.25, 0.3) is 0 Å². The lowest BCUT2D eigenvalue weighted by molar-refractivity contribution is 0.0376. The van der Waals surface area contributed by atoms with Crippen LogP contribution in [0.15, 0.2) is 17.0 Å². The van der Waals surface area contributed by atoms with E-state index in [1.54, 1.807) is 27.7 Å². The molecule has 6 heteroatoms. The zero-order valence-electron chi connectivity index (χ0n) is 10.9. The van der Waals surface area contributed by atoms with E-state index in [9.17, 15) is 13.2 Å². The molecule has 0 aliphatic rings. The quantitative estimate of drug-likeness (QED) is 0.844. The van der Waals surface area contributed by atoms with E-state index in [4.69, 9.17) is 9.88 Å². The van der Waals surface area contributed by atoms with Gasteiger partial charge in [-0.1, -0.05) is 0 Å². The molecular weight excluding hydrogens is 254 g/mol. The summed E-state index contributed by atoms with van der Waals surface area (Å²) in [7, 11) is -3.83. The molecule has 18 heavy (non-hydrogen) atoms. The Balaban J connectivity index is 3.36. The van der Waals surface area contributed by atoms with Crippen molar-refractivity contribution in [3.63, 3.8) is 0 Å². The second kappa shape index (κ2) is 5.07. The largest absolute Gasteiger partial charge is 0.459 e. The van der Waals surface area contributed by atoms with Gasteiger partial charge in [-0.3, -0.25) is 0 Å². The van der Waals surface area contributed by atoms with Crippen LogP contribution in [-0.2, 0) is 14.8 Å². The van der Waals surface area contributed by atoms with Gasteiger partial charge in [0.1, 0.15) is 0 Å². The van der Waals surface area contributed by atoms with Crippen molar-refractivity contribution in [2.24, 2.45) is 5.14 Å². The number of rotatable bonds is 3. The number of sulfonamides is 1. The topological polar surface area (TPSA) is 86.5 Å². The third-order valence-corrected chi connectivity index (χ3v) is 3.42. The fraction of sp³-hybridized carbons (Fsp3) is 0.417. The highest BCUT2D eigenvalue weighted by atomic mass is 32.2. The molecule has 0 atom stereocenters. The second-order valence-electron chi connectivity index (χ2n) is 4.41. The summed E-state index contributed by atoms with van der Waals surface area (Å²) < 4.78 is 27.7. The van der Waals surface area contributed by atoms with E-state index in [2.05, 4.69) is 0 Å². The summed E-state index contributed by atoms with van der Waals surface area (Å²) in [6.45, 7) is 6.91. The Hall–Kier alpha value is -1.40. The molecule has 0 bridgehead atoms. The molecule has 0 amide bonds. The molecule has 0 heterocycles.